The molecule has 5 aromatic rings. The van der Waals surface area contributed by atoms with Crippen molar-refractivity contribution in [2.75, 3.05) is 107 Å². The van der Waals surface area contributed by atoms with Gasteiger partial charge in [0.2, 0.25) is 0 Å². The van der Waals surface area contributed by atoms with E-state index in [1.165, 1.54) is 133 Å². The number of methoxy groups -OCH3 is 3. The molecule has 16 rings (SSSR count). The van der Waals surface area contributed by atoms with Crippen molar-refractivity contribution in [3.8, 4) is 28.4 Å². The van der Waals surface area contributed by atoms with E-state index in [9.17, 15) is 22.8 Å². The van der Waals surface area contributed by atoms with E-state index in [0.29, 0.717) is 66.2 Å². The van der Waals surface area contributed by atoms with Gasteiger partial charge in [-0.25, -0.2) is 22.8 Å². The summed E-state index contributed by atoms with van der Waals surface area (Å²) in [6.45, 7) is 18.3. The highest BCUT2D eigenvalue weighted by atomic mass is 35.5. The number of hydrogen-bond acceptors (Lipinski definition) is 11. The van der Waals surface area contributed by atoms with Crippen molar-refractivity contribution >= 4 is 23.8 Å². The van der Waals surface area contributed by atoms with Crippen LogP contribution in [0, 0.1) is 54.0 Å². The first-order valence-corrected chi connectivity index (χ1v) is 41.2. The molecule has 0 aromatic heterocycles. The van der Waals surface area contributed by atoms with Crippen LogP contribution in [0.4, 0.5) is 22.8 Å². The molecule has 7 unspecified atom stereocenters. The van der Waals surface area contributed by atoms with Gasteiger partial charge in [-0.05, 0) is 325 Å². The summed E-state index contributed by atoms with van der Waals surface area (Å²) in [6.07, 6.45) is 28.1. The van der Waals surface area contributed by atoms with Gasteiger partial charge in [0.1, 0.15) is 23.1 Å². The number of hydrogen-bond donors (Lipinski definition) is 0. The topological polar surface area (TPSA) is 99.7 Å². The van der Waals surface area contributed by atoms with Crippen LogP contribution in [0.25, 0.3) is 11.1 Å². The SMILES string of the molecule is CCOC(=O)N1C2CCC(N3CCC(c4ccc(F)cc4OC)CC3)CC1CC2.CCOC(=O)N1CCC(CN2CCC(c3cc(OC)cc(F)c3F)CC2)CC1.COc1ccc(-c2ccccc2Cl)cc1C1CCN([C@@H]2C[C@H]3CCC2C3)CC1.Cc1ccccc1C1CCN(C2CC3CCC2C3)CC1. The Morgan fingerprint density at radius 2 is 1.02 bits per heavy atom. The lowest BCUT2D eigenvalue weighted by Crippen LogP contribution is -2.44. The van der Waals surface area contributed by atoms with Crippen molar-refractivity contribution < 1.29 is 46.4 Å². The predicted molar refractivity (Wildman–Crippen MR) is 413 cm³/mol. The first-order chi connectivity index (χ1) is 51.1. The van der Waals surface area contributed by atoms with Crippen molar-refractivity contribution in [2.45, 2.75) is 222 Å². The number of likely N-dealkylation sites (tertiary alicyclic amines) is 5. The van der Waals surface area contributed by atoms with Crippen LogP contribution in [0.3, 0.4) is 0 Å². The summed E-state index contributed by atoms with van der Waals surface area (Å²) in [7, 11) is 4.87. The lowest BCUT2D eigenvalue weighted by Gasteiger charge is -2.40. The molecule has 13 nitrogen and oxygen atoms in total. The van der Waals surface area contributed by atoms with Gasteiger partial charge in [-0.2, -0.15) is 0 Å². The number of nitrogens with zero attached hydrogens (tertiary/aromatic N) is 6. The fraction of sp³-hybridized carbons (Fsp3) is 0.636. The highest BCUT2D eigenvalue weighted by molar-refractivity contribution is 6.33. The molecule has 2 amide bonds. The summed E-state index contributed by atoms with van der Waals surface area (Å²) in [6, 6.07) is 34.4. The molecule has 0 spiro atoms. The summed E-state index contributed by atoms with van der Waals surface area (Å²) in [4.78, 5) is 38.7. The molecule has 572 valence electrons. The van der Waals surface area contributed by atoms with Crippen molar-refractivity contribution in [1.82, 2.24) is 29.4 Å². The van der Waals surface area contributed by atoms with Gasteiger partial charge in [0.25, 0.3) is 0 Å². The zero-order valence-electron chi connectivity index (χ0n) is 63.8. The quantitative estimate of drug-likeness (QED) is 0.100. The number of ether oxygens (including phenoxy) is 5. The maximum absolute atomic E-state index is 14.2. The van der Waals surface area contributed by atoms with E-state index in [1.54, 1.807) is 37.2 Å². The molecule has 11 fully saturated rings. The van der Waals surface area contributed by atoms with Crippen molar-refractivity contribution in [1.29, 1.82) is 0 Å². The molecule has 7 saturated heterocycles. The van der Waals surface area contributed by atoms with Crippen molar-refractivity contribution in [2.24, 2.45) is 29.6 Å². The molecule has 5 aromatic carbocycles. The van der Waals surface area contributed by atoms with E-state index < -0.39 is 11.6 Å². The molecule has 9 atom stereocenters. The van der Waals surface area contributed by atoms with Crippen LogP contribution < -0.4 is 14.2 Å². The first kappa shape index (κ1) is 77.1. The molecule has 4 aliphatic carbocycles. The molecule has 17 heteroatoms. The number of piperidine rings is 5. The Morgan fingerprint density at radius 3 is 1.60 bits per heavy atom. The average Bonchev–Trinajstić information content (AvgIpc) is 1.78. The van der Waals surface area contributed by atoms with Crippen LogP contribution in [0.15, 0.2) is 97.1 Å². The molecule has 7 heterocycles. The maximum Gasteiger partial charge on any atom is 0.410 e. The Bertz CT molecular complexity index is 3640. The second kappa shape index (κ2) is 36.4. The van der Waals surface area contributed by atoms with E-state index in [1.807, 2.05) is 36.9 Å². The van der Waals surface area contributed by atoms with E-state index in [4.69, 9.17) is 35.3 Å². The smallest absolute Gasteiger partial charge is 0.410 e. The minimum absolute atomic E-state index is 0.0199. The van der Waals surface area contributed by atoms with Crippen molar-refractivity contribution in [3.63, 3.8) is 0 Å². The average molecular weight is 1470 g/mol. The number of rotatable bonds is 15. The Hall–Kier alpha value is -6.04. The summed E-state index contributed by atoms with van der Waals surface area (Å²) in [5.74, 6) is 6.75. The number of amides is 2. The lowest BCUT2D eigenvalue weighted by molar-refractivity contribution is 0.0827. The third-order valence-electron chi connectivity index (χ3n) is 27.0. The molecule has 105 heavy (non-hydrogen) atoms. The summed E-state index contributed by atoms with van der Waals surface area (Å²) < 4.78 is 68.2. The van der Waals surface area contributed by atoms with Gasteiger partial charge in [0.05, 0.1) is 34.5 Å². The molecule has 6 bridgehead atoms. The molecular formula is C88H120ClF3N6O7. The minimum Gasteiger partial charge on any atom is -0.497 e. The van der Waals surface area contributed by atoms with Crippen LogP contribution in [-0.2, 0) is 9.47 Å². The first-order valence-electron chi connectivity index (χ1n) is 40.8. The van der Waals surface area contributed by atoms with E-state index in [2.05, 4.69) is 81.1 Å². The third kappa shape index (κ3) is 18.6. The van der Waals surface area contributed by atoms with Gasteiger partial charge in [-0.3, -0.25) is 0 Å². The monoisotopic (exact) mass is 1460 g/mol. The molecule has 4 saturated carbocycles. The van der Waals surface area contributed by atoms with Gasteiger partial charge in [-0.1, -0.05) is 79.0 Å². The fourth-order valence-corrected chi connectivity index (χ4v) is 21.6. The highest BCUT2D eigenvalue weighted by Gasteiger charge is 2.46. The number of aryl methyl sites for hydroxylation is 1. The van der Waals surface area contributed by atoms with Crippen LogP contribution in [-0.4, -0.2) is 178 Å². The minimum atomic E-state index is -0.842. The highest BCUT2D eigenvalue weighted by Crippen LogP contribution is 2.50. The largest absolute Gasteiger partial charge is 0.497 e. The Morgan fingerprint density at radius 1 is 0.467 bits per heavy atom. The van der Waals surface area contributed by atoms with E-state index in [0.717, 1.165) is 186 Å². The standard InChI is InChI=1S/C25H30ClNO.C23H33FN2O3.C21H30F2N2O3.C19H27N/c1-28-25-9-8-19(21-4-2-3-5-23(21)26)16-22(25)18-10-12-27(13-11-18)24-15-17-6-7-20(24)14-17;1-3-29-23(27)26-18-5-7-19(15-20(26)8-6-18)25-12-10-16(11-13-25)21-9-4-17(24)14-22(21)28-2;1-3-28-21(26)25-10-4-15(5-11-25)14-24-8-6-16(7-9-24)18-12-17(27-2)13-19(22)20(18)23;1-14-4-2-3-5-18(14)16-8-10-20(11-9-16)19-13-15-6-7-17(19)12-15/h2-5,8-9,16-18,20,24H,6-7,10-15H2,1H3;4,9,14,16,18-20H,3,5-8,10-13,15H2,1-2H3;12-13,15-16H,3-11,14H2,1-2H3;2-5,15-17,19H,6-13H2,1H3/t17-,20?,24+;;;/m0.../s1. The second-order valence-corrected chi connectivity index (χ2v) is 33.2. The van der Waals surface area contributed by atoms with Crippen LogP contribution in [0.5, 0.6) is 17.2 Å². The number of carbonyl (C=O) groups excluding carboxylic acids is 2. The molecule has 0 N–H and O–H groups in total. The fourth-order valence-electron chi connectivity index (χ4n) is 21.4. The molecule has 11 aliphatic rings. The maximum atomic E-state index is 14.2. The lowest BCUT2D eigenvalue weighted by atomic mass is 9.85. The zero-order chi connectivity index (χ0) is 73.1. The Balaban J connectivity index is 0.000000125. The normalized spacial score (nSPS) is 27.1. The second-order valence-electron chi connectivity index (χ2n) is 32.8. The van der Waals surface area contributed by atoms with Gasteiger partial charge in [0.15, 0.2) is 11.6 Å². The molecule has 0 radical (unpaired) electrons. The van der Waals surface area contributed by atoms with Crippen LogP contribution in [0.2, 0.25) is 5.02 Å². The van der Waals surface area contributed by atoms with E-state index >= 15 is 0 Å². The summed E-state index contributed by atoms with van der Waals surface area (Å²) >= 11 is 6.46. The number of carbonyl (C=O) groups is 2. The molecular weight excluding hydrogens is 1350 g/mol. The Labute approximate surface area is 630 Å². The van der Waals surface area contributed by atoms with Crippen LogP contribution in [0.1, 0.15) is 213 Å². The zero-order valence-corrected chi connectivity index (χ0v) is 64.6. The third-order valence-corrected chi connectivity index (χ3v) is 27.3. The Kier molecular flexibility index (Phi) is 26.8. The molecule has 7 aliphatic heterocycles. The summed E-state index contributed by atoms with van der Waals surface area (Å²) in [5, 5.41) is 0.810. The van der Waals surface area contributed by atoms with Crippen LogP contribution >= 0.6 is 11.6 Å². The van der Waals surface area contributed by atoms with Gasteiger partial charge >= 0.3 is 12.2 Å². The predicted octanol–water partition coefficient (Wildman–Crippen LogP) is 19.3. The summed E-state index contributed by atoms with van der Waals surface area (Å²) in [5.41, 5.74) is 8.31. The number of fused-ring (bicyclic) bond motifs is 6. The van der Waals surface area contributed by atoms with Gasteiger partial charge in [0, 0.05) is 72.6 Å². The number of benzene rings is 5. The van der Waals surface area contributed by atoms with Gasteiger partial charge in [-0.15, -0.1) is 0 Å². The van der Waals surface area contributed by atoms with Gasteiger partial charge < -0.3 is 53.1 Å². The van der Waals surface area contributed by atoms with E-state index in [-0.39, 0.29) is 23.9 Å². The number of halogens is 4. The van der Waals surface area contributed by atoms with Crippen molar-refractivity contribution in [3.05, 3.63) is 147 Å².